The molecule has 0 saturated carbocycles. The Labute approximate surface area is 215 Å². The van der Waals surface area contributed by atoms with Crippen molar-refractivity contribution in [2.24, 2.45) is 4.40 Å². The first-order valence-corrected chi connectivity index (χ1v) is 13.0. The number of amidine groups is 1. The summed E-state index contributed by atoms with van der Waals surface area (Å²) < 4.78 is 40.9. The minimum atomic E-state index is -3.83. The van der Waals surface area contributed by atoms with Crippen LogP contribution in [0.4, 0.5) is 5.69 Å². The van der Waals surface area contributed by atoms with Crippen molar-refractivity contribution >= 4 is 27.5 Å². The molecule has 0 radical (unpaired) electrons. The number of para-hydroxylation sites is 2. The first kappa shape index (κ1) is 24.3. The molecule has 5 rings (SSSR count). The van der Waals surface area contributed by atoms with E-state index in [0.29, 0.717) is 34.0 Å². The quantitative estimate of drug-likeness (QED) is 0.255. The lowest BCUT2D eigenvalue weighted by Crippen LogP contribution is -2.30. The number of hydrogen-bond donors (Lipinski definition) is 0. The number of hydrogen-bond acceptors (Lipinski definition) is 6. The molecule has 1 heterocycles. The third-order valence-corrected chi connectivity index (χ3v) is 7.37. The first-order valence-electron chi connectivity index (χ1n) is 11.6. The molecule has 4 aromatic rings. The summed E-state index contributed by atoms with van der Waals surface area (Å²) in [7, 11) is -2.34. The van der Waals surface area contributed by atoms with Crippen molar-refractivity contribution in [3.8, 4) is 11.5 Å². The molecule has 0 bridgehead atoms. The average molecular weight is 513 g/mol. The molecule has 1 aliphatic rings. The normalized spacial score (nSPS) is 13.4. The van der Waals surface area contributed by atoms with Crippen molar-refractivity contribution in [3.63, 3.8) is 0 Å². The van der Waals surface area contributed by atoms with Crippen molar-refractivity contribution < 1.29 is 22.7 Å². The van der Waals surface area contributed by atoms with Crippen molar-refractivity contribution in [1.29, 1.82) is 0 Å². The molecule has 186 valence electrons. The maximum absolute atomic E-state index is 13.0. The summed E-state index contributed by atoms with van der Waals surface area (Å²) in [6, 6.07) is 28.5. The van der Waals surface area contributed by atoms with Crippen LogP contribution in [-0.4, -0.2) is 27.3 Å². The Balaban J connectivity index is 1.55. The van der Waals surface area contributed by atoms with Gasteiger partial charge in [-0.15, -0.1) is 4.40 Å². The number of anilines is 1. The number of methoxy groups -OCH3 is 1. The van der Waals surface area contributed by atoms with Crippen LogP contribution in [0, 0.1) is 6.92 Å². The van der Waals surface area contributed by atoms with Gasteiger partial charge in [-0.2, -0.15) is 8.42 Å². The molecular weight excluding hydrogens is 488 g/mol. The molecule has 0 N–H and O–H groups in total. The smallest absolute Gasteiger partial charge is 0.347 e. The Kier molecular flexibility index (Phi) is 6.50. The van der Waals surface area contributed by atoms with E-state index < -0.39 is 16.0 Å². The highest BCUT2D eigenvalue weighted by atomic mass is 32.2. The second kappa shape index (κ2) is 9.91. The highest BCUT2D eigenvalue weighted by Gasteiger charge is 2.32. The van der Waals surface area contributed by atoms with Gasteiger partial charge in [-0.25, -0.2) is 4.79 Å². The number of nitrogens with zero attached hydrogens (tertiary/aromatic N) is 2. The summed E-state index contributed by atoms with van der Waals surface area (Å²) in [4.78, 5) is 15.0. The van der Waals surface area contributed by atoms with Gasteiger partial charge in [0.05, 0.1) is 13.7 Å². The van der Waals surface area contributed by atoms with Gasteiger partial charge < -0.3 is 14.4 Å². The van der Waals surface area contributed by atoms with E-state index in [1.54, 1.807) is 60.7 Å². The fraction of sp³-hybridized carbons (Fsp3) is 0.103. The number of aryl methyl sites for hydroxylation is 1. The van der Waals surface area contributed by atoms with E-state index in [-0.39, 0.29) is 11.4 Å². The molecule has 0 amide bonds. The molecule has 0 unspecified atom stereocenters. The summed E-state index contributed by atoms with van der Waals surface area (Å²) in [5.41, 5.74) is 3.32. The van der Waals surface area contributed by atoms with E-state index in [0.717, 1.165) is 11.3 Å². The van der Waals surface area contributed by atoms with Crippen molar-refractivity contribution in [2.45, 2.75) is 18.4 Å². The number of carbonyl (C=O) groups excluding carboxylic acids is 1. The van der Waals surface area contributed by atoms with Gasteiger partial charge in [0, 0.05) is 16.8 Å². The lowest BCUT2D eigenvalue weighted by molar-refractivity contribution is 0.0729. The maximum atomic E-state index is 13.0. The van der Waals surface area contributed by atoms with Gasteiger partial charge in [-0.05, 0) is 49.4 Å². The number of ether oxygens (including phenoxy) is 2. The summed E-state index contributed by atoms with van der Waals surface area (Å²) in [5.74, 6) is 0.516. The van der Waals surface area contributed by atoms with Crippen LogP contribution in [0.15, 0.2) is 106 Å². The van der Waals surface area contributed by atoms with Crippen LogP contribution in [0.2, 0.25) is 0 Å². The van der Waals surface area contributed by atoms with E-state index in [4.69, 9.17) is 9.47 Å². The van der Waals surface area contributed by atoms with Crippen LogP contribution >= 0.6 is 0 Å². The second-order valence-corrected chi connectivity index (χ2v) is 10.1. The summed E-state index contributed by atoms with van der Waals surface area (Å²) in [5, 5.41) is 0. The van der Waals surface area contributed by atoms with Gasteiger partial charge in [-0.1, -0.05) is 60.2 Å². The lowest BCUT2D eigenvalue weighted by Gasteiger charge is -2.26. The molecule has 0 fully saturated rings. The zero-order valence-corrected chi connectivity index (χ0v) is 21.1. The fourth-order valence-corrected chi connectivity index (χ4v) is 5.38. The third-order valence-electron chi connectivity index (χ3n) is 6.04. The van der Waals surface area contributed by atoms with Gasteiger partial charge in [0.25, 0.3) is 10.0 Å². The molecular formula is C29H24N2O5S. The Bertz CT molecular complexity index is 1610. The topological polar surface area (TPSA) is 85.3 Å². The van der Waals surface area contributed by atoms with Crippen LogP contribution in [-0.2, 0) is 16.6 Å². The molecule has 0 saturated heterocycles. The van der Waals surface area contributed by atoms with E-state index in [9.17, 15) is 13.2 Å². The first-order chi connectivity index (χ1) is 17.9. The summed E-state index contributed by atoms with van der Waals surface area (Å²) >= 11 is 0. The molecule has 4 aromatic carbocycles. The molecule has 7 nitrogen and oxygen atoms in total. The number of rotatable bonds is 6. The SMILES string of the molecule is COc1ccccc1C(=O)Oc1ccccc1CN(C1=NS(=O)(=O)c2ccccc21)c1ccc(C)cc1. The van der Waals surface area contributed by atoms with Gasteiger partial charge in [0.15, 0.2) is 5.84 Å². The predicted molar refractivity (Wildman–Crippen MR) is 142 cm³/mol. The molecule has 37 heavy (non-hydrogen) atoms. The van der Waals surface area contributed by atoms with Crippen molar-refractivity contribution in [3.05, 3.63) is 119 Å². The van der Waals surface area contributed by atoms with Crippen LogP contribution in [0.5, 0.6) is 11.5 Å². The number of esters is 1. The Morgan fingerprint density at radius 2 is 1.49 bits per heavy atom. The Morgan fingerprint density at radius 3 is 2.24 bits per heavy atom. The predicted octanol–water partition coefficient (Wildman–Crippen LogP) is 5.38. The molecule has 0 spiro atoms. The average Bonchev–Trinajstić information content (AvgIpc) is 3.19. The number of sulfonamides is 1. The maximum Gasteiger partial charge on any atom is 0.347 e. The van der Waals surface area contributed by atoms with Crippen molar-refractivity contribution in [2.75, 3.05) is 12.0 Å². The monoisotopic (exact) mass is 512 g/mol. The standard InChI is InChI=1S/C29H24N2O5S/c1-20-15-17-22(18-16-20)31(28-24-11-5-8-14-27(24)37(33,34)30-28)19-21-9-3-6-12-25(21)36-29(32)23-10-4-7-13-26(23)35-2/h3-18H,19H2,1-2H3. The van der Waals surface area contributed by atoms with Gasteiger partial charge >= 0.3 is 5.97 Å². The van der Waals surface area contributed by atoms with E-state index in [2.05, 4.69) is 4.40 Å². The minimum absolute atomic E-state index is 0.165. The van der Waals surface area contributed by atoms with E-state index >= 15 is 0 Å². The van der Waals surface area contributed by atoms with Gasteiger partial charge in [0.2, 0.25) is 0 Å². The number of carbonyl (C=O) groups is 1. The molecule has 1 aliphatic heterocycles. The highest BCUT2D eigenvalue weighted by molar-refractivity contribution is 7.90. The number of benzene rings is 4. The third kappa shape index (κ3) is 4.83. The zero-order chi connectivity index (χ0) is 26.0. The van der Waals surface area contributed by atoms with Crippen LogP contribution < -0.4 is 14.4 Å². The van der Waals surface area contributed by atoms with Gasteiger partial charge in [0.1, 0.15) is 22.0 Å². The zero-order valence-electron chi connectivity index (χ0n) is 20.3. The summed E-state index contributed by atoms with van der Waals surface area (Å²) in [6.07, 6.45) is 0. The number of fused-ring (bicyclic) bond motifs is 1. The van der Waals surface area contributed by atoms with E-state index in [1.165, 1.54) is 7.11 Å². The van der Waals surface area contributed by atoms with Crippen LogP contribution in [0.3, 0.4) is 0 Å². The lowest BCUT2D eigenvalue weighted by atomic mass is 10.1. The van der Waals surface area contributed by atoms with Crippen LogP contribution in [0.1, 0.15) is 27.0 Å². The largest absolute Gasteiger partial charge is 0.496 e. The molecule has 0 atom stereocenters. The second-order valence-electron chi connectivity index (χ2n) is 8.51. The Hall–Kier alpha value is -4.43. The van der Waals surface area contributed by atoms with E-state index in [1.807, 2.05) is 48.2 Å². The molecule has 0 aliphatic carbocycles. The molecule has 8 heteroatoms. The Morgan fingerprint density at radius 1 is 0.838 bits per heavy atom. The van der Waals surface area contributed by atoms with Crippen molar-refractivity contribution in [1.82, 2.24) is 0 Å². The minimum Gasteiger partial charge on any atom is -0.496 e. The highest BCUT2D eigenvalue weighted by Crippen LogP contribution is 2.33. The fourth-order valence-electron chi connectivity index (χ4n) is 4.17. The summed E-state index contributed by atoms with van der Waals surface area (Å²) in [6.45, 7) is 2.19. The van der Waals surface area contributed by atoms with Crippen LogP contribution in [0.25, 0.3) is 0 Å². The molecule has 0 aromatic heterocycles. The van der Waals surface area contributed by atoms with Gasteiger partial charge in [-0.3, -0.25) is 0 Å².